The van der Waals surface area contributed by atoms with Crippen molar-refractivity contribution < 1.29 is 28.6 Å². The summed E-state index contributed by atoms with van der Waals surface area (Å²) in [5.74, 6) is -0.291. The number of amides is 2. The summed E-state index contributed by atoms with van der Waals surface area (Å²) in [5, 5.41) is 5.37. The van der Waals surface area contributed by atoms with Crippen LogP contribution in [0.1, 0.15) is 39.5 Å². The molecule has 0 saturated carbocycles. The van der Waals surface area contributed by atoms with Crippen molar-refractivity contribution in [2.75, 3.05) is 27.9 Å². The average Bonchev–Trinajstić information content (AvgIpc) is 2.75. The predicted octanol–water partition coefficient (Wildman–Crippen LogP) is 2.47. The van der Waals surface area contributed by atoms with E-state index < -0.39 is 17.9 Å². The molecule has 0 fully saturated rings. The molecule has 0 aliphatic carbocycles. The molecule has 31 heavy (non-hydrogen) atoms. The van der Waals surface area contributed by atoms with Gasteiger partial charge in [-0.2, -0.15) is 0 Å². The molecule has 2 aromatic carbocycles. The highest BCUT2D eigenvalue weighted by atomic mass is 16.5. The van der Waals surface area contributed by atoms with E-state index in [-0.39, 0.29) is 18.9 Å². The fraction of sp³-hybridized carbons (Fsp3) is 0.348. The predicted molar refractivity (Wildman–Crippen MR) is 115 cm³/mol. The van der Waals surface area contributed by atoms with Crippen LogP contribution in [0.3, 0.4) is 0 Å². The highest BCUT2D eigenvalue weighted by Crippen LogP contribution is 2.31. The second-order valence-electron chi connectivity index (χ2n) is 7.07. The van der Waals surface area contributed by atoms with E-state index in [1.807, 2.05) is 19.9 Å². The van der Waals surface area contributed by atoms with Crippen molar-refractivity contribution >= 4 is 17.8 Å². The number of benzene rings is 2. The molecule has 0 radical (unpaired) electrons. The first kappa shape index (κ1) is 23.7. The van der Waals surface area contributed by atoms with Crippen molar-refractivity contribution in [3.63, 3.8) is 0 Å². The summed E-state index contributed by atoms with van der Waals surface area (Å²) < 4.78 is 15.3. The number of nitrogens with one attached hydrogen (secondary N) is 2. The Kier molecular flexibility index (Phi) is 8.43. The lowest BCUT2D eigenvalue weighted by atomic mass is 10.0. The standard InChI is InChI=1S/C23H28N2O6/c1-14-8-15(2)10-17(9-14)23(28)24-13-21(26)25-18(12-22(27)31-5)16-6-7-19(29-3)20(11-16)30-4/h6-11,18H,12-13H2,1-5H3,(H,24,28)(H,25,26). The minimum atomic E-state index is -0.669. The number of carbonyl (C=O) groups is 3. The molecular weight excluding hydrogens is 400 g/mol. The van der Waals surface area contributed by atoms with E-state index in [9.17, 15) is 14.4 Å². The highest BCUT2D eigenvalue weighted by Gasteiger charge is 2.21. The van der Waals surface area contributed by atoms with E-state index in [2.05, 4.69) is 10.6 Å². The van der Waals surface area contributed by atoms with Gasteiger partial charge in [-0.05, 0) is 43.7 Å². The first-order valence-corrected chi connectivity index (χ1v) is 9.72. The van der Waals surface area contributed by atoms with E-state index in [0.29, 0.717) is 22.6 Å². The van der Waals surface area contributed by atoms with Crippen LogP contribution in [0.4, 0.5) is 0 Å². The zero-order valence-electron chi connectivity index (χ0n) is 18.4. The number of hydrogen-bond acceptors (Lipinski definition) is 6. The van der Waals surface area contributed by atoms with E-state index in [1.54, 1.807) is 30.3 Å². The molecule has 166 valence electrons. The van der Waals surface area contributed by atoms with Crippen LogP contribution >= 0.6 is 0 Å². The van der Waals surface area contributed by atoms with Crippen molar-refractivity contribution in [2.24, 2.45) is 0 Å². The van der Waals surface area contributed by atoms with Crippen molar-refractivity contribution in [3.8, 4) is 11.5 Å². The SMILES string of the molecule is COC(=O)CC(NC(=O)CNC(=O)c1cc(C)cc(C)c1)c1ccc(OC)c(OC)c1. The molecule has 2 N–H and O–H groups in total. The molecule has 0 aromatic heterocycles. The normalized spacial score (nSPS) is 11.3. The molecule has 2 aromatic rings. The third-order valence-electron chi connectivity index (χ3n) is 4.64. The Labute approximate surface area is 181 Å². The molecular formula is C23H28N2O6. The molecule has 0 spiro atoms. The minimum Gasteiger partial charge on any atom is -0.493 e. The summed E-state index contributed by atoms with van der Waals surface area (Å²) in [7, 11) is 4.29. The Morgan fingerprint density at radius 2 is 1.55 bits per heavy atom. The molecule has 0 saturated heterocycles. The molecule has 0 bridgehead atoms. The molecule has 8 nitrogen and oxygen atoms in total. The first-order valence-electron chi connectivity index (χ1n) is 9.72. The van der Waals surface area contributed by atoms with Gasteiger partial charge >= 0.3 is 5.97 Å². The summed E-state index contributed by atoms with van der Waals surface area (Å²) in [4.78, 5) is 36.8. The molecule has 0 aliphatic rings. The van der Waals surface area contributed by atoms with E-state index in [1.165, 1.54) is 21.3 Å². The maximum atomic E-state index is 12.5. The summed E-state index contributed by atoms with van der Waals surface area (Å²) in [6.07, 6.45) is -0.0806. The Morgan fingerprint density at radius 1 is 0.903 bits per heavy atom. The number of hydrogen-bond donors (Lipinski definition) is 2. The van der Waals surface area contributed by atoms with Crippen LogP contribution in [-0.4, -0.2) is 45.7 Å². The number of methoxy groups -OCH3 is 3. The van der Waals surface area contributed by atoms with Gasteiger partial charge in [-0.15, -0.1) is 0 Å². The van der Waals surface area contributed by atoms with Gasteiger partial charge in [0.05, 0.1) is 40.3 Å². The molecule has 8 heteroatoms. The summed E-state index contributed by atoms with van der Waals surface area (Å²) in [6, 6.07) is 9.90. The zero-order valence-corrected chi connectivity index (χ0v) is 18.4. The quantitative estimate of drug-likeness (QED) is 0.595. The van der Waals surface area contributed by atoms with Crippen LogP contribution in [-0.2, 0) is 14.3 Å². The third kappa shape index (κ3) is 6.74. The van der Waals surface area contributed by atoms with Crippen LogP contribution in [0, 0.1) is 13.8 Å². The van der Waals surface area contributed by atoms with Crippen LogP contribution in [0.15, 0.2) is 36.4 Å². The number of rotatable bonds is 9. The van der Waals surface area contributed by atoms with E-state index >= 15 is 0 Å². The lowest BCUT2D eigenvalue weighted by Crippen LogP contribution is -2.39. The lowest BCUT2D eigenvalue weighted by Gasteiger charge is -2.20. The van der Waals surface area contributed by atoms with Gasteiger partial charge in [0, 0.05) is 5.56 Å². The average molecular weight is 428 g/mol. The maximum absolute atomic E-state index is 12.5. The second-order valence-corrected chi connectivity index (χ2v) is 7.07. The highest BCUT2D eigenvalue weighted by molar-refractivity contribution is 5.96. The van der Waals surface area contributed by atoms with E-state index in [4.69, 9.17) is 14.2 Å². The van der Waals surface area contributed by atoms with Gasteiger partial charge in [-0.1, -0.05) is 23.3 Å². The van der Waals surface area contributed by atoms with Crippen LogP contribution < -0.4 is 20.1 Å². The zero-order chi connectivity index (χ0) is 23.0. The van der Waals surface area contributed by atoms with Crippen molar-refractivity contribution in [3.05, 3.63) is 58.7 Å². The van der Waals surface area contributed by atoms with E-state index in [0.717, 1.165) is 11.1 Å². The molecule has 1 atom stereocenters. The van der Waals surface area contributed by atoms with Crippen molar-refractivity contribution in [1.82, 2.24) is 10.6 Å². The molecule has 0 heterocycles. The van der Waals surface area contributed by atoms with Gasteiger partial charge in [0.15, 0.2) is 11.5 Å². The number of esters is 1. The fourth-order valence-corrected chi connectivity index (χ4v) is 3.19. The topological polar surface area (TPSA) is 103 Å². The Morgan fingerprint density at radius 3 is 2.13 bits per heavy atom. The third-order valence-corrected chi connectivity index (χ3v) is 4.64. The van der Waals surface area contributed by atoms with Crippen LogP contribution in [0.2, 0.25) is 0 Å². The largest absolute Gasteiger partial charge is 0.493 e. The first-order chi connectivity index (χ1) is 14.8. The van der Waals surface area contributed by atoms with Gasteiger partial charge in [0.25, 0.3) is 5.91 Å². The van der Waals surface area contributed by atoms with Gasteiger partial charge in [-0.3, -0.25) is 14.4 Å². The minimum absolute atomic E-state index is 0.0806. The lowest BCUT2D eigenvalue weighted by molar-refractivity contribution is -0.141. The Hall–Kier alpha value is -3.55. The molecule has 0 aliphatic heterocycles. The van der Waals surface area contributed by atoms with Gasteiger partial charge in [-0.25, -0.2) is 0 Å². The summed E-state index contributed by atoms with van der Waals surface area (Å²) >= 11 is 0. The Balaban J connectivity index is 2.10. The maximum Gasteiger partial charge on any atom is 0.307 e. The molecule has 2 amide bonds. The second kappa shape index (κ2) is 11.0. The molecule has 1 unspecified atom stereocenters. The Bertz CT molecular complexity index is 937. The smallest absolute Gasteiger partial charge is 0.307 e. The monoisotopic (exact) mass is 428 g/mol. The number of aryl methyl sites for hydroxylation is 2. The summed E-state index contributed by atoms with van der Waals surface area (Å²) in [5.41, 5.74) is 3.04. The fourth-order valence-electron chi connectivity index (χ4n) is 3.19. The number of carbonyl (C=O) groups excluding carboxylic acids is 3. The molecule has 2 rings (SSSR count). The van der Waals surface area contributed by atoms with Gasteiger partial charge in [0.1, 0.15) is 0 Å². The van der Waals surface area contributed by atoms with Crippen molar-refractivity contribution in [1.29, 1.82) is 0 Å². The summed E-state index contributed by atoms with van der Waals surface area (Å²) in [6.45, 7) is 3.56. The van der Waals surface area contributed by atoms with Crippen LogP contribution in [0.25, 0.3) is 0 Å². The number of ether oxygens (including phenoxy) is 3. The van der Waals surface area contributed by atoms with Gasteiger partial charge < -0.3 is 24.8 Å². The van der Waals surface area contributed by atoms with Crippen molar-refractivity contribution in [2.45, 2.75) is 26.3 Å². The van der Waals surface area contributed by atoms with Gasteiger partial charge in [0.2, 0.25) is 5.91 Å². The van der Waals surface area contributed by atoms with Crippen LogP contribution in [0.5, 0.6) is 11.5 Å².